The van der Waals surface area contributed by atoms with E-state index in [1.807, 2.05) is 27.7 Å². The van der Waals surface area contributed by atoms with Crippen LogP contribution in [0, 0.1) is 5.92 Å². The molecule has 0 spiro atoms. The highest BCUT2D eigenvalue weighted by Crippen LogP contribution is 2.41. The van der Waals surface area contributed by atoms with Crippen molar-refractivity contribution in [3.8, 4) is 5.75 Å². The number of halogens is 2. The van der Waals surface area contributed by atoms with Gasteiger partial charge in [-0.05, 0) is 48.8 Å². The van der Waals surface area contributed by atoms with E-state index in [1.54, 1.807) is 21.9 Å². The number of amides is 2. The molecule has 0 aliphatic carbocycles. The monoisotopic (exact) mass is 554 g/mol. The number of hydrogen-bond donors (Lipinski definition) is 0. The van der Waals surface area contributed by atoms with E-state index in [1.165, 1.54) is 0 Å². The Hall–Kier alpha value is -2.19. The predicted octanol–water partition coefficient (Wildman–Crippen LogP) is 6.30. The van der Waals surface area contributed by atoms with Gasteiger partial charge in [0.1, 0.15) is 11.4 Å². The molecule has 186 valence electrons. The Morgan fingerprint density at radius 2 is 1.94 bits per heavy atom. The van der Waals surface area contributed by atoms with E-state index in [0.29, 0.717) is 71.3 Å². The van der Waals surface area contributed by atoms with Crippen molar-refractivity contribution in [1.82, 2.24) is 4.90 Å². The van der Waals surface area contributed by atoms with Crippen LogP contribution in [0.5, 0.6) is 5.75 Å². The van der Waals surface area contributed by atoms with Gasteiger partial charge in [0.25, 0.3) is 5.91 Å². The maximum Gasteiger partial charge on any atom is 0.410 e. The van der Waals surface area contributed by atoms with Crippen LogP contribution in [0.2, 0.25) is 5.02 Å². The molecule has 34 heavy (non-hydrogen) atoms. The number of hydrogen-bond acceptors (Lipinski definition) is 5. The fourth-order valence-electron chi connectivity index (χ4n) is 3.73. The van der Waals surface area contributed by atoms with E-state index >= 15 is 0 Å². The van der Waals surface area contributed by atoms with Gasteiger partial charge in [0.2, 0.25) is 0 Å². The van der Waals surface area contributed by atoms with Crippen LogP contribution in [0.1, 0.15) is 47.0 Å². The summed E-state index contributed by atoms with van der Waals surface area (Å²) in [7, 11) is 0. The van der Waals surface area contributed by atoms with Gasteiger partial charge >= 0.3 is 6.09 Å². The average Bonchev–Trinajstić information content (AvgIpc) is 2.70. The fourth-order valence-corrected chi connectivity index (χ4v) is 4.21. The molecule has 0 N–H and O–H groups in total. The summed E-state index contributed by atoms with van der Waals surface area (Å²) in [5.74, 6) is 1.73. The Morgan fingerprint density at radius 3 is 2.56 bits per heavy atom. The topological polar surface area (TPSA) is 68.3 Å². The van der Waals surface area contributed by atoms with Gasteiger partial charge in [-0.25, -0.2) is 4.79 Å². The SMILES string of the molecule is C=C(CC)OC(=C)CCC1Oc2cc(Br)c(Cl)cc2N(CC2CN(C(=O)OC(C)(C)C)C2)C1=O. The molecule has 7 nitrogen and oxygen atoms in total. The minimum Gasteiger partial charge on any atom is -0.478 e. The first kappa shape index (κ1) is 26.4. The standard InChI is InChI=1S/C25H32BrClN2O5/c1-7-15(2)32-16(3)8-9-21-23(30)29(20-11-19(27)18(26)10-22(20)33-21)14-17-12-28(13-17)24(31)34-25(4,5)6/h10-11,17,21H,2-3,7-9,12-14H2,1,4-6H3. The lowest BCUT2D eigenvalue weighted by Gasteiger charge is -2.43. The molecule has 1 aromatic rings. The highest BCUT2D eigenvalue weighted by Gasteiger charge is 2.40. The first-order valence-corrected chi connectivity index (χ1v) is 12.5. The molecule has 1 atom stereocenters. The van der Waals surface area contributed by atoms with Crippen LogP contribution in [-0.2, 0) is 14.3 Å². The van der Waals surface area contributed by atoms with E-state index in [0.717, 1.165) is 0 Å². The minimum atomic E-state index is -0.683. The summed E-state index contributed by atoms with van der Waals surface area (Å²) in [6.07, 6.45) is 0.547. The second-order valence-electron chi connectivity index (χ2n) is 9.61. The van der Waals surface area contributed by atoms with E-state index in [-0.39, 0.29) is 17.9 Å². The summed E-state index contributed by atoms with van der Waals surface area (Å²) in [4.78, 5) is 29.0. The van der Waals surface area contributed by atoms with Gasteiger partial charge < -0.3 is 24.0 Å². The predicted molar refractivity (Wildman–Crippen MR) is 136 cm³/mol. The fraction of sp³-hybridized carbons (Fsp3) is 0.520. The number of benzene rings is 1. The second-order valence-corrected chi connectivity index (χ2v) is 10.9. The molecule has 0 aromatic heterocycles. The zero-order chi connectivity index (χ0) is 25.2. The van der Waals surface area contributed by atoms with Crippen molar-refractivity contribution in [1.29, 1.82) is 0 Å². The summed E-state index contributed by atoms with van der Waals surface area (Å²) in [5, 5.41) is 0.488. The van der Waals surface area contributed by atoms with Crippen molar-refractivity contribution in [2.45, 2.75) is 58.7 Å². The maximum atomic E-state index is 13.4. The zero-order valence-corrected chi connectivity index (χ0v) is 22.5. The third-order valence-electron chi connectivity index (χ3n) is 5.52. The zero-order valence-electron chi connectivity index (χ0n) is 20.2. The van der Waals surface area contributed by atoms with Crippen molar-refractivity contribution in [3.63, 3.8) is 0 Å². The summed E-state index contributed by atoms with van der Waals surface area (Å²) in [6.45, 7) is 16.7. The molecule has 2 aliphatic heterocycles. The molecular weight excluding hydrogens is 524 g/mol. The third-order valence-corrected chi connectivity index (χ3v) is 6.72. The molecule has 0 radical (unpaired) electrons. The molecular formula is C25H32BrClN2O5. The number of likely N-dealkylation sites (tertiary alicyclic amines) is 1. The van der Waals surface area contributed by atoms with Gasteiger partial charge in [-0.3, -0.25) is 4.79 Å². The van der Waals surface area contributed by atoms with Gasteiger partial charge in [0, 0.05) is 49.3 Å². The van der Waals surface area contributed by atoms with Crippen LogP contribution in [0.4, 0.5) is 10.5 Å². The summed E-state index contributed by atoms with van der Waals surface area (Å²) >= 11 is 9.76. The van der Waals surface area contributed by atoms with Crippen molar-refractivity contribution in [3.05, 3.63) is 46.3 Å². The van der Waals surface area contributed by atoms with Crippen LogP contribution in [-0.4, -0.2) is 48.2 Å². The maximum absolute atomic E-state index is 13.4. The number of rotatable bonds is 8. The van der Waals surface area contributed by atoms with E-state index in [9.17, 15) is 9.59 Å². The summed E-state index contributed by atoms with van der Waals surface area (Å²) in [5.41, 5.74) is 0.0789. The van der Waals surface area contributed by atoms with Gasteiger partial charge in [0.15, 0.2) is 6.10 Å². The number of anilines is 1. The Labute approximate surface area is 214 Å². The normalized spacial score (nSPS) is 18.1. The second kappa shape index (κ2) is 10.6. The van der Waals surface area contributed by atoms with Gasteiger partial charge in [0.05, 0.1) is 22.2 Å². The Morgan fingerprint density at radius 1 is 1.26 bits per heavy atom. The average molecular weight is 556 g/mol. The Bertz CT molecular complexity index is 984. The molecule has 2 aliphatic rings. The number of ether oxygens (including phenoxy) is 3. The number of nitrogens with zero attached hydrogens (tertiary/aromatic N) is 2. The number of fused-ring (bicyclic) bond motifs is 1. The highest BCUT2D eigenvalue weighted by atomic mass is 79.9. The first-order valence-electron chi connectivity index (χ1n) is 11.4. The van der Waals surface area contributed by atoms with Crippen LogP contribution < -0.4 is 9.64 Å². The van der Waals surface area contributed by atoms with Crippen molar-refractivity contribution in [2.24, 2.45) is 5.92 Å². The van der Waals surface area contributed by atoms with E-state index < -0.39 is 11.7 Å². The summed E-state index contributed by atoms with van der Waals surface area (Å²) in [6, 6.07) is 3.51. The molecule has 1 unspecified atom stereocenters. The third kappa shape index (κ3) is 6.48. The van der Waals surface area contributed by atoms with Gasteiger partial charge in [-0.2, -0.15) is 0 Å². The minimum absolute atomic E-state index is 0.122. The Balaban J connectivity index is 1.70. The molecule has 2 amide bonds. The molecule has 0 saturated carbocycles. The van der Waals surface area contributed by atoms with Crippen LogP contribution in [0.15, 0.2) is 41.3 Å². The number of carbonyl (C=O) groups excluding carboxylic acids is 2. The molecule has 3 rings (SSSR count). The molecule has 9 heteroatoms. The van der Waals surface area contributed by atoms with Crippen LogP contribution in [0.25, 0.3) is 0 Å². The lowest BCUT2D eigenvalue weighted by molar-refractivity contribution is -0.127. The van der Waals surface area contributed by atoms with Crippen molar-refractivity contribution >= 4 is 45.2 Å². The number of allylic oxidation sites excluding steroid dienone is 2. The molecule has 2 heterocycles. The quantitative estimate of drug-likeness (QED) is 0.352. The smallest absolute Gasteiger partial charge is 0.410 e. The molecule has 1 fully saturated rings. The lowest BCUT2D eigenvalue weighted by Crippen LogP contribution is -2.57. The van der Waals surface area contributed by atoms with E-state index in [4.69, 9.17) is 25.8 Å². The number of carbonyl (C=O) groups is 2. The van der Waals surface area contributed by atoms with E-state index in [2.05, 4.69) is 29.1 Å². The van der Waals surface area contributed by atoms with Crippen molar-refractivity contribution in [2.75, 3.05) is 24.5 Å². The van der Waals surface area contributed by atoms with Gasteiger partial charge in [-0.15, -0.1) is 0 Å². The van der Waals surface area contributed by atoms with Crippen LogP contribution in [0.3, 0.4) is 0 Å². The van der Waals surface area contributed by atoms with Crippen LogP contribution >= 0.6 is 27.5 Å². The highest BCUT2D eigenvalue weighted by molar-refractivity contribution is 9.10. The molecule has 1 aromatic carbocycles. The molecule has 1 saturated heterocycles. The lowest BCUT2D eigenvalue weighted by atomic mass is 9.98. The first-order chi connectivity index (χ1) is 15.9. The Kier molecular flexibility index (Phi) is 8.24. The van der Waals surface area contributed by atoms with Crippen molar-refractivity contribution < 1.29 is 23.8 Å². The summed E-state index contributed by atoms with van der Waals surface area (Å²) < 4.78 is 17.7. The van der Waals surface area contributed by atoms with Gasteiger partial charge in [-0.1, -0.05) is 31.7 Å². The largest absolute Gasteiger partial charge is 0.478 e. The molecule has 0 bridgehead atoms.